The zero-order valence-corrected chi connectivity index (χ0v) is 12.6. The van der Waals surface area contributed by atoms with Gasteiger partial charge in [-0.25, -0.2) is 0 Å². The zero-order valence-electron chi connectivity index (χ0n) is 12.6. The van der Waals surface area contributed by atoms with Crippen molar-refractivity contribution in [3.63, 3.8) is 0 Å². The van der Waals surface area contributed by atoms with Crippen molar-refractivity contribution in [2.75, 3.05) is 0 Å². The van der Waals surface area contributed by atoms with Crippen molar-refractivity contribution in [3.8, 4) is 0 Å². The van der Waals surface area contributed by atoms with E-state index < -0.39 is 0 Å². The highest BCUT2D eigenvalue weighted by Crippen LogP contribution is 2.03. The molecule has 0 aliphatic heterocycles. The Kier molecular flexibility index (Phi) is 14.6. The molecular weight excluding hydrogens is 232 g/mol. The summed E-state index contributed by atoms with van der Waals surface area (Å²) in [4.78, 5) is 0. The van der Waals surface area contributed by atoms with E-state index in [4.69, 9.17) is 0 Å². The van der Waals surface area contributed by atoms with E-state index in [1.54, 1.807) is 0 Å². The molecule has 0 saturated heterocycles. The third-order valence-corrected chi connectivity index (χ3v) is 2.97. The van der Waals surface area contributed by atoms with Crippen molar-refractivity contribution >= 4 is 0 Å². The Balaban J connectivity index is 3.53. The van der Waals surface area contributed by atoms with Crippen LogP contribution in [0, 0.1) is 6.92 Å². The fourth-order valence-corrected chi connectivity index (χ4v) is 1.75. The quantitative estimate of drug-likeness (QED) is 0.217. The summed E-state index contributed by atoms with van der Waals surface area (Å²) in [5.74, 6) is 0. The van der Waals surface area contributed by atoms with Gasteiger partial charge in [0.25, 0.3) is 0 Å². The fourth-order valence-electron chi connectivity index (χ4n) is 1.75. The molecule has 0 amide bonds. The van der Waals surface area contributed by atoms with E-state index in [9.17, 15) is 5.11 Å². The highest BCUT2D eigenvalue weighted by Gasteiger charge is 1.93. The Morgan fingerprint density at radius 1 is 0.947 bits per heavy atom. The summed E-state index contributed by atoms with van der Waals surface area (Å²) in [6.07, 6.45) is 22.1. The summed E-state index contributed by atoms with van der Waals surface area (Å²) in [6, 6.07) is 0. The molecule has 0 heterocycles. The van der Waals surface area contributed by atoms with Gasteiger partial charge >= 0.3 is 0 Å². The molecule has 0 bridgehead atoms. The first-order chi connectivity index (χ1) is 9.31. The van der Waals surface area contributed by atoms with Crippen molar-refractivity contribution in [2.24, 2.45) is 0 Å². The highest BCUT2D eigenvalue weighted by atomic mass is 16.3. The molecule has 1 atom stereocenters. The molecule has 0 aromatic heterocycles. The maximum atomic E-state index is 9.71. The molecule has 1 unspecified atom stereocenters. The van der Waals surface area contributed by atoms with Gasteiger partial charge in [-0.05, 0) is 25.7 Å². The molecule has 0 saturated carbocycles. The van der Waals surface area contributed by atoms with Gasteiger partial charge < -0.3 is 12.0 Å². The molecule has 0 rings (SSSR count). The van der Waals surface area contributed by atoms with Gasteiger partial charge in [-0.15, -0.1) is 0 Å². The molecule has 110 valence electrons. The Hall–Kier alpha value is -0.820. The molecule has 1 nitrogen and oxygen atoms in total. The maximum absolute atomic E-state index is 9.71. The molecule has 1 heteroatoms. The number of aliphatic hydroxyl groups excluding tert-OH is 1. The van der Waals surface area contributed by atoms with Crippen LogP contribution in [0.3, 0.4) is 0 Å². The molecule has 0 aliphatic rings. The summed E-state index contributed by atoms with van der Waals surface area (Å²) in [5, 5.41) is 9.71. The summed E-state index contributed by atoms with van der Waals surface area (Å²) in [5.41, 5.74) is 0. The average molecular weight is 263 g/mol. The van der Waals surface area contributed by atoms with Gasteiger partial charge in [0.05, 0.1) is 6.10 Å². The van der Waals surface area contributed by atoms with Crippen LogP contribution in [0.4, 0.5) is 0 Å². The number of unbranched alkanes of at least 4 members (excludes halogenated alkanes) is 6. The molecule has 0 aromatic carbocycles. The Bertz CT molecular complexity index is 250. The number of aliphatic hydroxyl groups is 1. The minimum absolute atomic E-state index is 0.355. The summed E-state index contributed by atoms with van der Waals surface area (Å²) < 4.78 is 0. The normalized spacial score (nSPS) is 14.1. The third-order valence-electron chi connectivity index (χ3n) is 2.97. The lowest BCUT2D eigenvalue weighted by atomic mass is 10.1. The molecule has 0 radical (unpaired) electrons. The van der Waals surface area contributed by atoms with E-state index in [1.807, 2.05) is 18.2 Å². The number of hydrogen-bond acceptors (Lipinski definition) is 1. The topological polar surface area (TPSA) is 20.2 Å². The van der Waals surface area contributed by atoms with Crippen LogP contribution in [0.2, 0.25) is 0 Å². The summed E-state index contributed by atoms with van der Waals surface area (Å²) >= 11 is 0. The standard InChI is InChI=1S/C18H31O/c1-3-5-7-9-11-13-15-17-18(19)16-14-12-10-8-6-4-2/h11-15,17-19H,1,3-10,16H2,2H3/q-1/b13-11-,14-12-,17-15-. The molecule has 0 fully saturated rings. The van der Waals surface area contributed by atoms with Gasteiger partial charge in [0.1, 0.15) is 0 Å². The molecule has 0 spiro atoms. The maximum Gasteiger partial charge on any atom is 0.0758 e. The minimum atomic E-state index is -0.355. The summed E-state index contributed by atoms with van der Waals surface area (Å²) in [7, 11) is 0. The van der Waals surface area contributed by atoms with Crippen LogP contribution in [-0.4, -0.2) is 11.2 Å². The first-order valence-electron chi connectivity index (χ1n) is 7.76. The van der Waals surface area contributed by atoms with Crippen LogP contribution in [0.1, 0.15) is 64.7 Å². The van der Waals surface area contributed by atoms with Crippen LogP contribution in [0.25, 0.3) is 0 Å². The van der Waals surface area contributed by atoms with Gasteiger partial charge in [-0.1, -0.05) is 69.1 Å². The van der Waals surface area contributed by atoms with E-state index in [1.165, 1.54) is 32.1 Å². The van der Waals surface area contributed by atoms with E-state index in [0.29, 0.717) is 0 Å². The molecule has 19 heavy (non-hydrogen) atoms. The van der Waals surface area contributed by atoms with Crippen LogP contribution < -0.4 is 0 Å². The van der Waals surface area contributed by atoms with Gasteiger partial charge in [0.2, 0.25) is 0 Å². The Morgan fingerprint density at radius 2 is 1.68 bits per heavy atom. The number of rotatable bonds is 12. The average Bonchev–Trinajstić information content (AvgIpc) is 2.41. The lowest BCUT2D eigenvalue weighted by Gasteiger charge is -1.99. The van der Waals surface area contributed by atoms with Crippen molar-refractivity contribution in [1.29, 1.82) is 0 Å². The largest absolute Gasteiger partial charge is 0.389 e. The van der Waals surface area contributed by atoms with E-state index in [2.05, 4.69) is 32.1 Å². The summed E-state index contributed by atoms with van der Waals surface area (Å²) in [6.45, 7) is 6.03. The van der Waals surface area contributed by atoms with Crippen molar-refractivity contribution in [2.45, 2.75) is 70.8 Å². The van der Waals surface area contributed by atoms with Crippen molar-refractivity contribution in [3.05, 3.63) is 43.4 Å². The van der Waals surface area contributed by atoms with Crippen LogP contribution in [0.5, 0.6) is 0 Å². The second kappa shape index (κ2) is 15.2. The van der Waals surface area contributed by atoms with Crippen LogP contribution >= 0.6 is 0 Å². The lowest BCUT2D eigenvalue weighted by molar-refractivity contribution is 0.227. The van der Waals surface area contributed by atoms with Crippen molar-refractivity contribution in [1.82, 2.24) is 0 Å². The second-order valence-electron chi connectivity index (χ2n) is 4.93. The molecule has 0 aromatic rings. The number of allylic oxidation sites excluding steroid dienone is 4. The molecular formula is C18H31O-. The third kappa shape index (κ3) is 15.1. The van der Waals surface area contributed by atoms with E-state index in [-0.39, 0.29) is 6.10 Å². The first-order valence-corrected chi connectivity index (χ1v) is 7.76. The minimum Gasteiger partial charge on any atom is -0.389 e. The Morgan fingerprint density at radius 3 is 2.42 bits per heavy atom. The molecule has 1 N–H and O–H groups in total. The van der Waals surface area contributed by atoms with Crippen LogP contribution in [0.15, 0.2) is 36.5 Å². The predicted molar refractivity (Wildman–Crippen MR) is 86.0 cm³/mol. The first kappa shape index (κ1) is 18.2. The number of hydrogen-bond donors (Lipinski definition) is 1. The van der Waals surface area contributed by atoms with Gasteiger partial charge in [0, 0.05) is 0 Å². The highest BCUT2D eigenvalue weighted by molar-refractivity contribution is 5.05. The predicted octanol–water partition coefficient (Wildman–Crippen LogP) is 5.38. The second-order valence-corrected chi connectivity index (χ2v) is 4.93. The monoisotopic (exact) mass is 263 g/mol. The van der Waals surface area contributed by atoms with Gasteiger partial charge in [-0.3, -0.25) is 0 Å². The van der Waals surface area contributed by atoms with E-state index in [0.717, 1.165) is 25.7 Å². The van der Waals surface area contributed by atoms with E-state index >= 15 is 0 Å². The van der Waals surface area contributed by atoms with Crippen LogP contribution in [-0.2, 0) is 0 Å². The van der Waals surface area contributed by atoms with Gasteiger partial charge in [0.15, 0.2) is 0 Å². The smallest absolute Gasteiger partial charge is 0.0758 e. The SMILES string of the molecule is [CH2-]CCCC/C=C\C=C/C(O)C/C=C\CCCCC. The lowest BCUT2D eigenvalue weighted by Crippen LogP contribution is -1.98. The van der Waals surface area contributed by atoms with Crippen molar-refractivity contribution < 1.29 is 5.11 Å². The Labute approximate surface area is 120 Å². The van der Waals surface area contributed by atoms with Gasteiger partial charge in [-0.2, -0.15) is 6.42 Å². The zero-order chi connectivity index (χ0) is 14.2. The molecule has 0 aliphatic carbocycles. The fraction of sp³-hybridized carbons (Fsp3) is 0.611.